The maximum absolute atomic E-state index is 13.5. The van der Waals surface area contributed by atoms with Crippen LogP contribution in [0.1, 0.15) is 41.9 Å². The Morgan fingerprint density at radius 2 is 1.86 bits per heavy atom. The van der Waals surface area contributed by atoms with E-state index in [1.165, 1.54) is 5.56 Å². The fraction of sp³-hybridized carbons (Fsp3) is 0.391. The van der Waals surface area contributed by atoms with Gasteiger partial charge < -0.3 is 4.74 Å². The fourth-order valence-corrected chi connectivity index (χ4v) is 6.89. The number of aryl methyl sites for hydroxylation is 1. The summed E-state index contributed by atoms with van der Waals surface area (Å²) < 4.78 is 34.1. The Bertz CT molecular complexity index is 1060. The molecule has 0 bridgehead atoms. The van der Waals surface area contributed by atoms with Gasteiger partial charge in [-0.05, 0) is 73.1 Å². The van der Waals surface area contributed by atoms with Gasteiger partial charge in [-0.2, -0.15) is 0 Å². The monoisotopic (exact) mass is 395 g/mol. The second kappa shape index (κ2) is 6.38. The van der Waals surface area contributed by atoms with Gasteiger partial charge in [-0.25, -0.2) is 8.42 Å². The molecular weight excluding hydrogens is 370 g/mol. The van der Waals surface area contributed by atoms with Gasteiger partial charge in [-0.1, -0.05) is 30.2 Å². The number of sulfonamides is 1. The summed E-state index contributed by atoms with van der Waals surface area (Å²) in [7, 11) is -1.88. The van der Waals surface area contributed by atoms with E-state index in [9.17, 15) is 8.42 Å². The Morgan fingerprint density at radius 3 is 2.61 bits per heavy atom. The molecule has 2 aromatic rings. The van der Waals surface area contributed by atoms with Crippen LogP contribution in [0, 0.1) is 18.8 Å². The molecule has 2 aliphatic carbocycles. The van der Waals surface area contributed by atoms with Crippen molar-refractivity contribution in [3.05, 3.63) is 64.9 Å². The molecule has 5 heteroatoms. The summed E-state index contributed by atoms with van der Waals surface area (Å²) in [6.07, 6.45) is 5.47. The second-order valence-electron chi connectivity index (χ2n) is 8.24. The smallest absolute Gasteiger partial charge is 0.264 e. The lowest BCUT2D eigenvalue weighted by Crippen LogP contribution is -2.29. The van der Waals surface area contributed by atoms with Crippen molar-refractivity contribution in [2.75, 3.05) is 13.7 Å². The molecule has 0 amide bonds. The third-order valence-electron chi connectivity index (χ3n) is 6.67. The highest BCUT2D eigenvalue weighted by molar-refractivity contribution is 7.89. The third-order valence-corrected chi connectivity index (χ3v) is 8.48. The van der Waals surface area contributed by atoms with E-state index in [4.69, 9.17) is 4.74 Å². The number of hydrogen-bond acceptors (Lipinski definition) is 3. The number of fused-ring (bicyclic) bond motifs is 2. The van der Waals surface area contributed by atoms with Gasteiger partial charge in [-0.15, -0.1) is 0 Å². The van der Waals surface area contributed by atoms with Gasteiger partial charge in [0.15, 0.2) is 0 Å². The minimum Gasteiger partial charge on any atom is -0.497 e. The molecule has 0 unspecified atom stereocenters. The number of methoxy groups -OCH3 is 1. The Balaban J connectivity index is 1.64. The number of benzene rings is 2. The molecule has 1 heterocycles. The Hall–Kier alpha value is -2.27. The van der Waals surface area contributed by atoms with Crippen LogP contribution in [-0.4, -0.2) is 26.4 Å². The quantitative estimate of drug-likeness (QED) is 0.765. The minimum atomic E-state index is -3.55. The highest BCUT2D eigenvalue weighted by Gasteiger charge is 2.49. The molecule has 5 rings (SSSR count). The van der Waals surface area contributed by atoms with Crippen molar-refractivity contribution in [1.82, 2.24) is 4.31 Å². The first-order chi connectivity index (χ1) is 13.5. The van der Waals surface area contributed by atoms with Crippen LogP contribution in [0.4, 0.5) is 0 Å². The van der Waals surface area contributed by atoms with Gasteiger partial charge >= 0.3 is 0 Å². The molecule has 2 fully saturated rings. The maximum atomic E-state index is 13.5. The zero-order valence-corrected chi connectivity index (χ0v) is 17.1. The number of hydrogen-bond donors (Lipinski definition) is 0. The van der Waals surface area contributed by atoms with E-state index in [1.54, 1.807) is 23.5 Å². The molecule has 1 aliphatic heterocycles. The summed E-state index contributed by atoms with van der Waals surface area (Å²) in [6.45, 7) is 2.56. The van der Waals surface area contributed by atoms with E-state index in [0.29, 0.717) is 29.2 Å². The van der Waals surface area contributed by atoms with Gasteiger partial charge in [-0.3, -0.25) is 4.31 Å². The van der Waals surface area contributed by atoms with E-state index in [1.807, 2.05) is 31.2 Å². The van der Waals surface area contributed by atoms with Crippen LogP contribution in [0.15, 0.2) is 53.1 Å². The van der Waals surface area contributed by atoms with Gasteiger partial charge in [0.25, 0.3) is 10.0 Å². The maximum Gasteiger partial charge on any atom is 0.264 e. The molecule has 4 nitrogen and oxygen atoms in total. The first-order valence-electron chi connectivity index (χ1n) is 9.98. The van der Waals surface area contributed by atoms with Crippen molar-refractivity contribution in [1.29, 1.82) is 0 Å². The van der Waals surface area contributed by atoms with Gasteiger partial charge in [0.2, 0.25) is 0 Å². The van der Waals surface area contributed by atoms with Gasteiger partial charge in [0.1, 0.15) is 5.75 Å². The van der Waals surface area contributed by atoms with Crippen molar-refractivity contribution in [2.24, 2.45) is 11.8 Å². The zero-order valence-electron chi connectivity index (χ0n) is 16.3. The van der Waals surface area contributed by atoms with Crippen LogP contribution in [0.25, 0.3) is 6.08 Å². The standard InChI is InChI=1S/C23H25NO3S/c1-15-6-9-19(10-7-15)28(25,26)24-14-16-4-3-5-21-20-11-8-18(27-2)12-17(20)13-22(24)23(16)21/h6-13,16,21,23H,3-5,14H2,1-2H3/t16-,21+,23+/m0/s1. The van der Waals surface area contributed by atoms with E-state index >= 15 is 0 Å². The summed E-state index contributed by atoms with van der Waals surface area (Å²) in [5.74, 6) is 1.92. The summed E-state index contributed by atoms with van der Waals surface area (Å²) in [5.41, 5.74) is 4.47. The van der Waals surface area contributed by atoms with Crippen LogP contribution in [0.5, 0.6) is 5.75 Å². The molecule has 28 heavy (non-hydrogen) atoms. The average Bonchev–Trinajstić information content (AvgIpc) is 3.08. The van der Waals surface area contributed by atoms with Gasteiger partial charge in [0, 0.05) is 18.2 Å². The predicted molar refractivity (Wildman–Crippen MR) is 110 cm³/mol. The van der Waals surface area contributed by atoms with E-state index in [2.05, 4.69) is 12.1 Å². The Morgan fingerprint density at radius 1 is 1.07 bits per heavy atom. The Kier molecular flexibility index (Phi) is 4.05. The SMILES string of the molecule is COc1ccc2c(c1)C=C1[C@@H]3[C@@H](CCC[C@H]23)CN1S(=O)(=O)c1ccc(C)cc1. The lowest BCUT2D eigenvalue weighted by atomic mass is 9.66. The van der Waals surface area contributed by atoms with Crippen LogP contribution < -0.4 is 4.74 Å². The van der Waals surface area contributed by atoms with Crippen molar-refractivity contribution >= 4 is 16.1 Å². The van der Waals surface area contributed by atoms with Crippen LogP contribution in [0.3, 0.4) is 0 Å². The number of allylic oxidation sites excluding steroid dienone is 1. The van der Waals surface area contributed by atoms with Crippen molar-refractivity contribution in [3.8, 4) is 5.75 Å². The lowest BCUT2D eigenvalue weighted by Gasteiger charge is -2.37. The first-order valence-corrected chi connectivity index (χ1v) is 11.4. The fourth-order valence-electron chi connectivity index (χ4n) is 5.32. The van der Waals surface area contributed by atoms with E-state index < -0.39 is 10.0 Å². The van der Waals surface area contributed by atoms with Crippen LogP contribution in [-0.2, 0) is 10.0 Å². The molecular formula is C23H25NO3S. The van der Waals surface area contributed by atoms with E-state index in [-0.39, 0.29) is 0 Å². The van der Waals surface area contributed by atoms with Crippen LogP contribution in [0.2, 0.25) is 0 Å². The molecule has 0 spiro atoms. The molecule has 3 atom stereocenters. The molecule has 1 saturated heterocycles. The number of nitrogens with zero attached hydrogens (tertiary/aromatic N) is 1. The molecule has 1 saturated carbocycles. The molecule has 0 N–H and O–H groups in total. The van der Waals surface area contributed by atoms with E-state index in [0.717, 1.165) is 41.8 Å². The summed E-state index contributed by atoms with van der Waals surface area (Å²) in [5, 5.41) is 0. The van der Waals surface area contributed by atoms with Gasteiger partial charge in [0.05, 0.1) is 12.0 Å². The normalized spacial score (nSPS) is 25.7. The summed E-state index contributed by atoms with van der Waals surface area (Å²) in [4.78, 5) is 0.380. The first kappa shape index (κ1) is 17.8. The zero-order chi connectivity index (χ0) is 19.5. The number of rotatable bonds is 3. The molecule has 146 valence electrons. The average molecular weight is 396 g/mol. The van der Waals surface area contributed by atoms with Crippen molar-refractivity contribution in [3.63, 3.8) is 0 Å². The molecule has 0 aromatic heterocycles. The summed E-state index contributed by atoms with van der Waals surface area (Å²) >= 11 is 0. The largest absolute Gasteiger partial charge is 0.497 e. The molecule has 0 radical (unpaired) electrons. The molecule has 3 aliphatic rings. The highest BCUT2D eigenvalue weighted by atomic mass is 32.2. The predicted octanol–water partition coefficient (Wildman–Crippen LogP) is 4.56. The third kappa shape index (κ3) is 2.60. The minimum absolute atomic E-state index is 0.301. The summed E-state index contributed by atoms with van der Waals surface area (Å²) in [6, 6.07) is 13.4. The topological polar surface area (TPSA) is 46.6 Å². The highest BCUT2D eigenvalue weighted by Crippen LogP contribution is 2.55. The number of ether oxygens (including phenoxy) is 1. The molecule has 2 aromatic carbocycles. The second-order valence-corrected chi connectivity index (χ2v) is 10.1. The lowest BCUT2D eigenvalue weighted by molar-refractivity contribution is 0.272. The van der Waals surface area contributed by atoms with Crippen molar-refractivity contribution < 1.29 is 13.2 Å². The van der Waals surface area contributed by atoms with Crippen LogP contribution >= 0.6 is 0 Å². The Labute approximate surface area is 166 Å². The van der Waals surface area contributed by atoms with Crippen molar-refractivity contribution in [2.45, 2.75) is 37.0 Å².